The van der Waals surface area contributed by atoms with E-state index in [2.05, 4.69) is 32.2 Å². The van der Waals surface area contributed by atoms with Crippen LogP contribution in [-0.4, -0.2) is 14.8 Å². The second kappa shape index (κ2) is 5.88. The lowest BCUT2D eigenvalue weighted by molar-refractivity contribution is 0.604. The monoisotopic (exact) mass is 333 g/mol. The summed E-state index contributed by atoms with van der Waals surface area (Å²) in [6, 6.07) is 4.11. The Morgan fingerprint density at radius 2 is 2.41 bits per heavy atom. The van der Waals surface area contributed by atoms with E-state index >= 15 is 0 Å². The van der Waals surface area contributed by atoms with E-state index in [0.29, 0.717) is 6.54 Å². The SMILES string of the molecule is CCCn1c(SCc2ccc(Br)s2)n[nH]c1=O. The number of hydrogen-bond acceptors (Lipinski definition) is 4. The molecule has 2 rings (SSSR count). The molecular weight excluding hydrogens is 322 g/mol. The highest BCUT2D eigenvalue weighted by atomic mass is 79.9. The fraction of sp³-hybridized carbons (Fsp3) is 0.400. The van der Waals surface area contributed by atoms with Gasteiger partial charge in [-0.2, -0.15) is 0 Å². The third kappa shape index (κ3) is 3.23. The number of thiophene rings is 1. The van der Waals surface area contributed by atoms with Gasteiger partial charge in [-0.05, 0) is 34.5 Å². The van der Waals surface area contributed by atoms with E-state index in [0.717, 1.165) is 21.1 Å². The van der Waals surface area contributed by atoms with Crippen molar-refractivity contribution in [1.29, 1.82) is 0 Å². The molecule has 0 atom stereocenters. The van der Waals surface area contributed by atoms with Gasteiger partial charge in [0.25, 0.3) is 0 Å². The molecule has 0 aromatic carbocycles. The standard InChI is InChI=1S/C10H12BrN3OS2/c1-2-5-14-9(15)12-13-10(14)16-6-7-3-4-8(11)17-7/h3-4H,2,5-6H2,1H3,(H,12,15). The number of nitrogens with one attached hydrogen (secondary N) is 1. The molecule has 7 heteroatoms. The second-order valence-corrected chi connectivity index (χ2v) is 6.95. The fourth-order valence-electron chi connectivity index (χ4n) is 1.40. The predicted molar refractivity (Wildman–Crippen MR) is 74.7 cm³/mol. The molecule has 1 N–H and O–H groups in total. The van der Waals surface area contributed by atoms with Crippen LogP contribution in [0.15, 0.2) is 25.9 Å². The summed E-state index contributed by atoms with van der Waals surface area (Å²) in [6.45, 7) is 2.76. The summed E-state index contributed by atoms with van der Waals surface area (Å²) in [4.78, 5) is 12.7. The third-order valence-corrected chi connectivity index (χ3v) is 4.97. The van der Waals surface area contributed by atoms with Crippen molar-refractivity contribution in [3.8, 4) is 0 Å². The summed E-state index contributed by atoms with van der Waals surface area (Å²) in [7, 11) is 0. The van der Waals surface area contributed by atoms with Crippen LogP contribution in [0.2, 0.25) is 0 Å². The van der Waals surface area contributed by atoms with Gasteiger partial charge in [-0.1, -0.05) is 18.7 Å². The highest BCUT2D eigenvalue weighted by molar-refractivity contribution is 9.11. The molecule has 0 spiro atoms. The summed E-state index contributed by atoms with van der Waals surface area (Å²) in [5.74, 6) is 0.838. The van der Waals surface area contributed by atoms with Crippen molar-refractivity contribution in [3.05, 3.63) is 31.3 Å². The lowest BCUT2D eigenvalue weighted by Crippen LogP contribution is -2.17. The Kier molecular flexibility index (Phi) is 4.47. The van der Waals surface area contributed by atoms with Gasteiger partial charge in [0.2, 0.25) is 0 Å². The molecule has 4 nitrogen and oxygen atoms in total. The summed E-state index contributed by atoms with van der Waals surface area (Å²) >= 11 is 6.72. The van der Waals surface area contributed by atoms with Crippen molar-refractivity contribution in [2.45, 2.75) is 30.8 Å². The quantitative estimate of drug-likeness (QED) is 0.855. The van der Waals surface area contributed by atoms with Gasteiger partial charge in [-0.25, -0.2) is 9.89 Å². The number of aromatic amines is 1. The molecular formula is C10H12BrN3OS2. The van der Waals surface area contributed by atoms with Crippen LogP contribution in [0.4, 0.5) is 0 Å². The summed E-state index contributed by atoms with van der Waals surface area (Å²) in [6.07, 6.45) is 0.928. The first-order chi connectivity index (χ1) is 8.20. The number of halogens is 1. The summed E-state index contributed by atoms with van der Waals surface area (Å²) in [5, 5.41) is 7.30. The van der Waals surface area contributed by atoms with Gasteiger partial charge >= 0.3 is 5.69 Å². The highest BCUT2D eigenvalue weighted by Crippen LogP contribution is 2.27. The van der Waals surface area contributed by atoms with Crippen molar-refractivity contribution < 1.29 is 0 Å². The molecule has 0 aliphatic rings. The van der Waals surface area contributed by atoms with E-state index in [-0.39, 0.29) is 5.69 Å². The van der Waals surface area contributed by atoms with E-state index in [1.54, 1.807) is 27.7 Å². The third-order valence-electron chi connectivity index (χ3n) is 2.14. The van der Waals surface area contributed by atoms with Crippen molar-refractivity contribution in [2.24, 2.45) is 0 Å². The lowest BCUT2D eigenvalue weighted by Gasteiger charge is -2.01. The molecule has 2 aromatic rings. The maximum absolute atomic E-state index is 11.5. The topological polar surface area (TPSA) is 50.7 Å². The second-order valence-electron chi connectivity index (χ2n) is 3.46. The van der Waals surface area contributed by atoms with Crippen molar-refractivity contribution in [3.63, 3.8) is 0 Å². The Morgan fingerprint density at radius 3 is 3.06 bits per heavy atom. The molecule has 0 radical (unpaired) electrons. The zero-order chi connectivity index (χ0) is 12.3. The zero-order valence-electron chi connectivity index (χ0n) is 9.27. The number of H-pyrrole nitrogens is 1. The number of hydrogen-bond donors (Lipinski definition) is 1. The molecule has 2 aromatic heterocycles. The van der Waals surface area contributed by atoms with Gasteiger partial charge in [-0.15, -0.1) is 16.4 Å². The predicted octanol–water partition coefficient (Wildman–Crippen LogP) is 3.10. The van der Waals surface area contributed by atoms with Crippen molar-refractivity contribution >= 4 is 39.0 Å². The number of thioether (sulfide) groups is 1. The Morgan fingerprint density at radius 1 is 1.59 bits per heavy atom. The van der Waals surface area contributed by atoms with Gasteiger partial charge in [0.1, 0.15) is 0 Å². The van der Waals surface area contributed by atoms with Crippen LogP contribution in [0.3, 0.4) is 0 Å². The maximum Gasteiger partial charge on any atom is 0.343 e. The van der Waals surface area contributed by atoms with E-state index in [4.69, 9.17) is 0 Å². The van der Waals surface area contributed by atoms with Gasteiger partial charge in [0, 0.05) is 17.2 Å². The minimum Gasteiger partial charge on any atom is -0.270 e. The minimum atomic E-state index is -0.123. The minimum absolute atomic E-state index is 0.123. The van der Waals surface area contributed by atoms with Crippen molar-refractivity contribution in [2.75, 3.05) is 0 Å². The van der Waals surface area contributed by atoms with Gasteiger partial charge < -0.3 is 0 Å². The average Bonchev–Trinajstić information content (AvgIpc) is 2.86. The average molecular weight is 334 g/mol. The van der Waals surface area contributed by atoms with Crippen LogP contribution in [0.1, 0.15) is 18.2 Å². The maximum atomic E-state index is 11.5. The molecule has 0 bridgehead atoms. The first kappa shape index (κ1) is 12.9. The Balaban J connectivity index is 2.06. The molecule has 0 saturated heterocycles. The molecule has 92 valence electrons. The number of nitrogens with zero attached hydrogens (tertiary/aromatic N) is 2. The Labute approximate surface area is 116 Å². The van der Waals surface area contributed by atoms with E-state index < -0.39 is 0 Å². The van der Waals surface area contributed by atoms with Crippen LogP contribution in [0, 0.1) is 0 Å². The van der Waals surface area contributed by atoms with Crippen LogP contribution in [-0.2, 0) is 12.3 Å². The zero-order valence-corrected chi connectivity index (χ0v) is 12.5. The van der Waals surface area contributed by atoms with Crippen LogP contribution < -0.4 is 5.69 Å². The van der Waals surface area contributed by atoms with Crippen LogP contribution >= 0.6 is 39.0 Å². The molecule has 0 aliphatic carbocycles. The molecule has 0 amide bonds. The smallest absolute Gasteiger partial charge is 0.270 e. The summed E-state index contributed by atoms with van der Waals surface area (Å²) < 4.78 is 2.81. The first-order valence-corrected chi connectivity index (χ1v) is 7.82. The van der Waals surface area contributed by atoms with Gasteiger partial charge in [0.05, 0.1) is 3.79 Å². The molecule has 17 heavy (non-hydrogen) atoms. The Bertz CT molecular complexity index is 546. The van der Waals surface area contributed by atoms with Crippen LogP contribution in [0.5, 0.6) is 0 Å². The summed E-state index contributed by atoms with van der Waals surface area (Å²) in [5.41, 5.74) is -0.123. The molecule has 0 unspecified atom stereocenters. The van der Waals surface area contributed by atoms with E-state index in [9.17, 15) is 4.79 Å². The van der Waals surface area contributed by atoms with Gasteiger partial charge in [0.15, 0.2) is 5.16 Å². The number of aromatic nitrogens is 3. The highest BCUT2D eigenvalue weighted by Gasteiger charge is 2.08. The van der Waals surface area contributed by atoms with E-state index in [1.165, 1.54) is 4.88 Å². The van der Waals surface area contributed by atoms with Gasteiger partial charge in [-0.3, -0.25) is 4.57 Å². The largest absolute Gasteiger partial charge is 0.343 e. The normalized spacial score (nSPS) is 10.9. The Hall–Kier alpha value is -0.530. The number of rotatable bonds is 5. The van der Waals surface area contributed by atoms with E-state index in [1.807, 2.05) is 13.0 Å². The molecule has 0 saturated carbocycles. The molecule has 2 heterocycles. The molecule has 0 fully saturated rings. The molecule has 0 aliphatic heterocycles. The first-order valence-electron chi connectivity index (χ1n) is 5.23. The van der Waals surface area contributed by atoms with Crippen LogP contribution in [0.25, 0.3) is 0 Å². The van der Waals surface area contributed by atoms with Crippen molar-refractivity contribution in [1.82, 2.24) is 14.8 Å². The lowest BCUT2D eigenvalue weighted by atomic mass is 10.5. The fourth-order valence-corrected chi connectivity index (χ4v) is 3.90.